The first-order valence-corrected chi connectivity index (χ1v) is 7.50. The fraction of sp³-hybridized carbons (Fsp3) is 0.562. The summed E-state index contributed by atoms with van der Waals surface area (Å²) in [7, 11) is 0. The summed E-state index contributed by atoms with van der Waals surface area (Å²) in [5.41, 5.74) is 0. The summed E-state index contributed by atoms with van der Waals surface area (Å²) in [5, 5.41) is 8.49. The third-order valence-corrected chi connectivity index (χ3v) is 2.57. The molecule has 0 bridgehead atoms. The first kappa shape index (κ1) is 19.4. The van der Waals surface area contributed by atoms with Gasteiger partial charge in [-0.3, -0.25) is 0 Å². The predicted octanol–water partition coefficient (Wildman–Crippen LogP) is 0.651. The van der Waals surface area contributed by atoms with E-state index < -0.39 is 5.97 Å². The zero-order valence-electron chi connectivity index (χ0n) is 13.1. The standard InChI is InChI=1S/C16H24O7/c17-6-7-19-8-9-20-10-11-21-12-13-22-16(18)14-23-15-4-2-1-3-5-15/h1-5,17H,6-14H2. The smallest absolute Gasteiger partial charge is 0.344 e. The van der Waals surface area contributed by atoms with Crippen LogP contribution in [0, 0.1) is 0 Å². The minimum Gasteiger partial charge on any atom is -0.482 e. The van der Waals surface area contributed by atoms with Crippen molar-refractivity contribution in [3.05, 3.63) is 30.3 Å². The van der Waals surface area contributed by atoms with Gasteiger partial charge in [0.15, 0.2) is 6.61 Å². The molecule has 0 spiro atoms. The summed E-state index contributed by atoms with van der Waals surface area (Å²) < 4.78 is 25.7. The van der Waals surface area contributed by atoms with Crippen molar-refractivity contribution in [1.82, 2.24) is 0 Å². The largest absolute Gasteiger partial charge is 0.482 e. The van der Waals surface area contributed by atoms with Gasteiger partial charge < -0.3 is 28.8 Å². The lowest BCUT2D eigenvalue weighted by atomic mass is 10.3. The molecule has 0 aromatic heterocycles. The van der Waals surface area contributed by atoms with E-state index in [4.69, 9.17) is 28.8 Å². The molecule has 1 rings (SSSR count). The number of carbonyl (C=O) groups is 1. The van der Waals surface area contributed by atoms with Crippen LogP contribution in [0.5, 0.6) is 5.75 Å². The molecule has 0 heterocycles. The van der Waals surface area contributed by atoms with E-state index >= 15 is 0 Å². The summed E-state index contributed by atoms with van der Waals surface area (Å²) in [5.74, 6) is 0.190. The molecule has 1 aromatic carbocycles. The Morgan fingerprint density at radius 3 is 2.00 bits per heavy atom. The highest BCUT2D eigenvalue weighted by Gasteiger charge is 2.03. The third-order valence-electron chi connectivity index (χ3n) is 2.57. The maximum atomic E-state index is 11.4. The van der Waals surface area contributed by atoms with Crippen LogP contribution in [0.4, 0.5) is 0 Å². The summed E-state index contributed by atoms with van der Waals surface area (Å²) in [6.45, 7) is 2.44. The summed E-state index contributed by atoms with van der Waals surface area (Å²) in [6.07, 6.45) is 0. The first-order valence-electron chi connectivity index (χ1n) is 7.50. The van der Waals surface area contributed by atoms with E-state index in [0.717, 1.165) is 0 Å². The summed E-state index contributed by atoms with van der Waals surface area (Å²) >= 11 is 0. The lowest BCUT2D eigenvalue weighted by Gasteiger charge is -2.08. The highest BCUT2D eigenvalue weighted by molar-refractivity contribution is 5.71. The Labute approximate surface area is 136 Å². The van der Waals surface area contributed by atoms with Gasteiger partial charge in [0.25, 0.3) is 0 Å². The number of benzene rings is 1. The Balaban J connectivity index is 1.84. The number of esters is 1. The van der Waals surface area contributed by atoms with Gasteiger partial charge in [-0.25, -0.2) is 4.79 Å². The molecule has 0 aliphatic rings. The molecule has 130 valence electrons. The molecule has 23 heavy (non-hydrogen) atoms. The quantitative estimate of drug-likeness (QED) is 0.396. The van der Waals surface area contributed by atoms with E-state index in [0.29, 0.717) is 45.4 Å². The van der Waals surface area contributed by atoms with Crippen LogP contribution < -0.4 is 4.74 Å². The van der Waals surface area contributed by atoms with Crippen molar-refractivity contribution in [1.29, 1.82) is 0 Å². The SMILES string of the molecule is O=C(COc1ccccc1)OCCOCCOCCOCCO. The molecule has 0 atom stereocenters. The molecule has 1 aromatic rings. The number of carbonyl (C=O) groups excluding carboxylic acids is 1. The molecule has 1 N–H and O–H groups in total. The van der Waals surface area contributed by atoms with Crippen molar-refractivity contribution >= 4 is 5.97 Å². The average molecular weight is 328 g/mol. The Hall–Kier alpha value is -1.67. The highest BCUT2D eigenvalue weighted by atomic mass is 16.6. The second-order valence-corrected chi connectivity index (χ2v) is 4.38. The Kier molecular flexibility index (Phi) is 11.8. The van der Waals surface area contributed by atoms with Gasteiger partial charge in [-0.1, -0.05) is 18.2 Å². The topological polar surface area (TPSA) is 83.5 Å². The number of aliphatic hydroxyl groups is 1. The summed E-state index contributed by atoms with van der Waals surface area (Å²) in [4.78, 5) is 11.4. The first-order chi connectivity index (χ1) is 11.3. The van der Waals surface area contributed by atoms with Crippen molar-refractivity contribution < 1.29 is 33.6 Å². The van der Waals surface area contributed by atoms with Crippen molar-refractivity contribution in [2.45, 2.75) is 0 Å². The van der Waals surface area contributed by atoms with Gasteiger partial charge in [0.05, 0.1) is 46.2 Å². The van der Waals surface area contributed by atoms with Gasteiger partial charge in [0.2, 0.25) is 0 Å². The van der Waals surface area contributed by atoms with Crippen LogP contribution in [0.2, 0.25) is 0 Å². The normalized spacial score (nSPS) is 10.5. The Morgan fingerprint density at radius 2 is 1.39 bits per heavy atom. The monoisotopic (exact) mass is 328 g/mol. The lowest BCUT2D eigenvalue weighted by Crippen LogP contribution is -2.18. The van der Waals surface area contributed by atoms with Gasteiger partial charge >= 0.3 is 5.97 Å². The summed E-state index contributed by atoms with van der Waals surface area (Å²) in [6, 6.07) is 9.07. The molecule has 7 nitrogen and oxygen atoms in total. The average Bonchev–Trinajstić information content (AvgIpc) is 2.59. The van der Waals surface area contributed by atoms with E-state index in [1.165, 1.54) is 0 Å². The molecule has 0 radical (unpaired) electrons. The van der Waals surface area contributed by atoms with E-state index in [-0.39, 0.29) is 19.8 Å². The Morgan fingerprint density at radius 1 is 0.826 bits per heavy atom. The van der Waals surface area contributed by atoms with Gasteiger partial charge in [-0.15, -0.1) is 0 Å². The molecule has 0 unspecified atom stereocenters. The predicted molar refractivity (Wildman–Crippen MR) is 82.4 cm³/mol. The Bertz CT molecular complexity index is 397. The van der Waals surface area contributed by atoms with Gasteiger partial charge in [0.1, 0.15) is 12.4 Å². The van der Waals surface area contributed by atoms with E-state index in [1.807, 2.05) is 18.2 Å². The van der Waals surface area contributed by atoms with Gasteiger partial charge in [-0.2, -0.15) is 0 Å². The second kappa shape index (κ2) is 14.0. The van der Waals surface area contributed by atoms with Crippen LogP contribution >= 0.6 is 0 Å². The minimum atomic E-state index is -0.435. The van der Waals surface area contributed by atoms with Crippen molar-refractivity contribution in [3.8, 4) is 5.75 Å². The fourth-order valence-electron chi connectivity index (χ4n) is 1.52. The van der Waals surface area contributed by atoms with E-state index in [2.05, 4.69) is 0 Å². The fourth-order valence-corrected chi connectivity index (χ4v) is 1.52. The number of para-hydroxylation sites is 1. The van der Waals surface area contributed by atoms with Crippen molar-refractivity contribution in [3.63, 3.8) is 0 Å². The molecule has 0 saturated carbocycles. The van der Waals surface area contributed by atoms with Crippen molar-refractivity contribution in [2.24, 2.45) is 0 Å². The van der Waals surface area contributed by atoms with Crippen LogP contribution in [0.3, 0.4) is 0 Å². The van der Waals surface area contributed by atoms with Crippen molar-refractivity contribution in [2.75, 3.05) is 59.5 Å². The zero-order valence-corrected chi connectivity index (χ0v) is 13.1. The van der Waals surface area contributed by atoms with E-state index in [9.17, 15) is 4.79 Å². The number of ether oxygens (including phenoxy) is 5. The molecular weight excluding hydrogens is 304 g/mol. The van der Waals surface area contributed by atoms with Crippen LogP contribution in [0.25, 0.3) is 0 Å². The third kappa shape index (κ3) is 11.5. The molecule has 0 fully saturated rings. The van der Waals surface area contributed by atoms with E-state index in [1.54, 1.807) is 12.1 Å². The van der Waals surface area contributed by atoms with Crippen LogP contribution in [0.1, 0.15) is 0 Å². The second-order valence-electron chi connectivity index (χ2n) is 4.38. The molecule has 0 saturated heterocycles. The van der Waals surface area contributed by atoms with Crippen LogP contribution in [-0.2, 0) is 23.7 Å². The van der Waals surface area contributed by atoms with Gasteiger partial charge in [0, 0.05) is 0 Å². The molecule has 0 aliphatic carbocycles. The maximum absolute atomic E-state index is 11.4. The molecule has 7 heteroatoms. The van der Waals surface area contributed by atoms with Gasteiger partial charge in [-0.05, 0) is 12.1 Å². The number of hydrogen-bond donors (Lipinski definition) is 1. The number of aliphatic hydroxyl groups excluding tert-OH is 1. The van der Waals surface area contributed by atoms with Crippen LogP contribution in [0.15, 0.2) is 30.3 Å². The van der Waals surface area contributed by atoms with Crippen LogP contribution in [-0.4, -0.2) is 70.5 Å². The molecule has 0 aliphatic heterocycles. The molecular formula is C16H24O7. The lowest BCUT2D eigenvalue weighted by molar-refractivity contribution is -0.147. The minimum absolute atomic E-state index is 0.0121. The maximum Gasteiger partial charge on any atom is 0.344 e. The highest BCUT2D eigenvalue weighted by Crippen LogP contribution is 2.07. The molecule has 0 amide bonds. The zero-order chi connectivity index (χ0) is 16.6. The number of rotatable bonds is 14. The number of hydrogen-bond acceptors (Lipinski definition) is 7.